The molecule has 0 radical (unpaired) electrons. The van der Waals surface area contributed by atoms with Gasteiger partial charge in [0.15, 0.2) is 18.9 Å². The van der Waals surface area contributed by atoms with Gasteiger partial charge < -0.3 is 9.47 Å². The number of methoxy groups -OCH3 is 2. The number of aromatic nitrogens is 1. The van der Waals surface area contributed by atoms with E-state index in [0.29, 0.717) is 12.2 Å². The van der Waals surface area contributed by atoms with Gasteiger partial charge in [0.05, 0.1) is 12.7 Å². The smallest absolute Gasteiger partial charge is 0.338 e. The van der Waals surface area contributed by atoms with Crippen LogP contribution in [0.3, 0.4) is 0 Å². The normalized spacial score (nSPS) is 9.86. The minimum atomic E-state index is -0.316. The van der Waals surface area contributed by atoms with E-state index in [0.717, 1.165) is 6.54 Å². The zero-order valence-corrected chi connectivity index (χ0v) is 8.40. The number of ether oxygens (including phenoxy) is 2. The predicted octanol–water partition coefficient (Wildman–Crippen LogP) is 0.407. The van der Waals surface area contributed by atoms with Gasteiger partial charge in [-0.3, -0.25) is 0 Å². The van der Waals surface area contributed by atoms with Crippen LogP contribution in [-0.4, -0.2) is 26.8 Å². The van der Waals surface area contributed by atoms with Gasteiger partial charge in [-0.25, -0.2) is 9.36 Å². The summed E-state index contributed by atoms with van der Waals surface area (Å²) in [7, 11) is 3.03. The van der Waals surface area contributed by atoms with E-state index in [1.165, 1.54) is 7.11 Å². The monoisotopic (exact) mass is 196 g/mol. The van der Waals surface area contributed by atoms with Gasteiger partial charge in [-0.05, 0) is 0 Å². The van der Waals surface area contributed by atoms with Crippen LogP contribution >= 0.6 is 0 Å². The Morgan fingerprint density at radius 3 is 2.50 bits per heavy atom. The number of hydrogen-bond acceptors (Lipinski definition) is 3. The number of hydrogen-bond donors (Lipinski definition) is 0. The highest BCUT2D eigenvalue weighted by molar-refractivity contribution is 5.88. The van der Waals surface area contributed by atoms with E-state index in [1.807, 2.05) is 17.0 Å². The summed E-state index contributed by atoms with van der Waals surface area (Å²) in [4.78, 5) is 11.1. The second-order valence-corrected chi connectivity index (χ2v) is 2.81. The molecule has 76 valence electrons. The molecule has 0 aliphatic rings. The van der Waals surface area contributed by atoms with Crippen LogP contribution in [0, 0.1) is 0 Å². The number of carbonyl (C=O) groups excluding carboxylic acids is 1. The molecule has 4 nitrogen and oxygen atoms in total. The van der Waals surface area contributed by atoms with Gasteiger partial charge in [-0.1, -0.05) is 0 Å². The Morgan fingerprint density at radius 2 is 2.00 bits per heavy atom. The van der Waals surface area contributed by atoms with Crippen LogP contribution in [-0.2, 0) is 16.0 Å². The van der Waals surface area contributed by atoms with Crippen molar-refractivity contribution >= 4 is 5.97 Å². The maximum absolute atomic E-state index is 11.1. The SMILES string of the molecule is COCC[n+]1ccc(C(=O)OC)cc1. The molecule has 0 N–H and O–H groups in total. The lowest BCUT2D eigenvalue weighted by Crippen LogP contribution is -2.35. The predicted molar refractivity (Wildman–Crippen MR) is 49.9 cm³/mol. The first-order chi connectivity index (χ1) is 6.77. The molecule has 0 fully saturated rings. The second-order valence-electron chi connectivity index (χ2n) is 2.81. The first kappa shape index (κ1) is 10.7. The second kappa shape index (κ2) is 5.34. The summed E-state index contributed by atoms with van der Waals surface area (Å²) in [6, 6.07) is 3.45. The van der Waals surface area contributed by atoms with Gasteiger partial charge in [-0.2, -0.15) is 0 Å². The van der Waals surface area contributed by atoms with Crippen LogP contribution in [0.15, 0.2) is 24.5 Å². The molecular weight excluding hydrogens is 182 g/mol. The van der Waals surface area contributed by atoms with Crippen molar-refractivity contribution in [3.05, 3.63) is 30.1 Å². The summed E-state index contributed by atoms with van der Waals surface area (Å²) in [5.41, 5.74) is 0.557. The zero-order chi connectivity index (χ0) is 10.4. The molecule has 14 heavy (non-hydrogen) atoms. The van der Waals surface area contributed by atoms with E-state index < -0.39 is 0 Å². The summed E-state index contributed by atoms with van der Waals surface area (Å²) >= 11 is 0. The summed E-state index contributed by atoms with van der Waals surface area (Å²) in [5, 5.41) is 0. The quantitative estimate of drug-likeness (QED) is 0.517. The van der Waals surface area contributed by atoms with Crippen molar-refractivity contribution in [1.82, 2.24) is 0 Å². The molecule has 0 amide bonds. The fourth-order valence-electron chi connectivity index (χ4n) is 1.06. The number of pyridine rings is 1. The fourth-order valence-corrected chi connectivity index (χ4v) is 1.06. The first-order valence-electron chi connectivity index (χ1n) is 4.34. The molecule has 0 bridgehead atoms. The van der Waals surface area contributed by atoms with E-state index in [1.54, 1.807) is 19.2 Å². The van der Waals surface area contributed by atoms with E-state index in [4.69, 9.17) is 4.74 Å². The summed E-state index contributed by atoms with van der Waals surface area (Å²) in [6.07, 6.45) is 3.65. The number of esters is 1. The van der Waals surface area contributed by atoms with Crippen molar-refractivity contribution in [1.29, 1.82) is 0 Å². The Hall–Kier alpha value is -1.42. The molecule has 4 heteroatoms. The van der Waals surface area contributed by atoms with Crippen molar-refractivity contribution in [2.24, 2.45) is 0 Å². The molecule has 1 rings (SSSR count). The molecular formula is C10H14NO3+. The molecule has 1 aromatic rings. The average molecular weight is 196 g/mol. The van der Waals surface area contributed by atoms with Gasteiger partial charge in [0.1, 0.15) is 6.61 Å². The summed E-state index contributed by atoms with van der Waals surface area (Å²) in [5.74, 6) is -0.316. The minimum Gasteiger partial charge on any atom is -0.465 e. The molecule has 0 atom stereocenters. The van der Waals surface area contributed by atoms with E-state index in [2.05, 4.69) is 4.74 Å². The van der Waals surface area contributed by atoms with Crippen molar-refractivity contribution in [3.63, 3.8) is 0 Å². The standard InChI is InChI=1S/C10H14NO3/c1-13-8-7-11-5-3-9(4-6-11)10(12)14-2/h3-6H,7-8H2,1-2H3/q+1. The number of carbonyl (C=O) groups is 1. The Morgan fingerprint density at radius 1 is 1.36 bits per heavy atom. The van der Waals surface area contributed by atoms with Crippen LogP contribution in [0.5, 0.6) is 0 Å². The van der Waals surface area contributed by atoms with Crippen molar-refractivity contribution in [2.45, 2.75) is 6.54 Å². The largest absolute Gasteiger partial charge is 0.465 e. The molecule has 0 saturated carbocycles. The van der Waals surface area contributed by atoms with E-state index >= 15 is 0 Å². The molecule has 1 heterocycles. The Labute approximate surface area is 83.1 Å². The van der Waals surface area contributed by atoms with Gasteiger partial charge in [0, 0.05) is 19.2 Å². The lowest BCUT2D eigenvalue weighted by Gasteiger charge is -1.98. The summed E-state index contributed by atoms with van der Waals surface area (Å²) in [6.45, 7) is 1.43. The first-order valence-corrected chi connectivity index (χ1v) is 4.34. The summed E-state index contributed by atoms with van der Waals surface area (Å²) < 4.78 is 11.5. The molecule has 0 aliphatic carbocycles. The third-order valence-electron chi connectivity index (χ3n) is 1.87. The molecule has 0 saturated heterocycles. The van der Waals surface area contributed by atoms with Crippen LogP contribution < -0.4 is 4.57 Å². The fraction of sp³-hybridized carbons (Fsp3) is 0.400. The number of rotatable bonds is 4. The third kappa shape index (κ3) is 2.81. The van der Waals surface area contributed by atoms with Crippen LogP contribution in [0.1, 0.15) is 10.4 Å². The lowest BCUT2D eigenvalue weighted by molar-refractivity contribution is -0.698. The van der Waals surface area contributed by atoms with Crippen LogP contribution in [0.4, 0.5) is 0 Å². The highest BCUT2D eigenvalue weighted by Crippen LogP contribution is 1.96. The van der Waals surface area contributed by atoms with Gasteiger partial charge in [0.2, 0.25) is 0 Å². The topological polar surface area (TPSA) is 39.4 Å². The Bertz CT molecular complexity index is 295. The molecule has 0 unspecified atom stereocenters. The molecule has 0 spiro atoms. The van der Waals surface area contributed by atoms with Crippen LogP contribution in [0.25, 0.3) is 0 Å². The third-order valence-corrected chi connectivity index (χ3v) is 1.87. The average Bonchev–Trinajstić information content (AvgIpc) is 2.26. The minimum absolute atomic E-state index is 0.316. The van der Waals surface area contributed by atoms with Crippen molar-refractivity contribution < 1.29 is 18.8 Å². The highest BCUT2D eigenvalue weighted by Gasteiger charge is 2.07. The van der Waals surface area contributed by atoms with Gasteiger partial charge in [-0.15, -0.1) is 0 Å². The number of nitrogens with zero attached hydrogens (tertiary/aromatic N) is 1. The maximum atomic E-state index is 11.1. The molecule has 1 aromatic heterocycles. The maximum Gasteiger partial charge on any atom is 0.338 e. The van der Waals surface area contributed by atoms with E-state index in [-0.39, 0.29) is 5.97 Å². The zero-order valence-electron chi connectivity index (χ0n) is 8.40. The van der Waals surface area contributed by atoms with Gasteiger partial charge in [0.25, 0.3) is 0 Å². The van der Waals surface area contributed by atoms with Crippen molar-refractivity contribution in [2.75, 3.05) is 20.8 Å². The Balaban J connectivity index is 2.63. The van der Waals surface area contributed by atoms with Gasteiger partial charge >= 0.3 is 5.97 Å². The van der Waals surface area contributed by atoms with Crippen LogP contribution in [0.2, 0.25) is 0 Å². The molecule has 0 aromatic carbocycles. The van der Waals surface area contributed by atoms with Crippen molar-refractivity contribution in [3.8, 4) is 0 Å². The Kier molecular flexibility index (Phi) is 4.07. The molecule has 0 aliphatic heterocycles. The highest BCUT2D eigenvalue weighted by atomic mass is 16.5. The van der Waals surface area contributed by atoms with E-state index in [9.17, 15) is 4.79 Å². The lowest BCUT2D eigenvalue weighted by atomic mass is 10.3.